The Morgan fingerprint density at radius 3 is 2.38 bits per heavy atom. The second kappa shape index (κ2) is 15.3. The van der Waals surface area contributed by atoms with Crippen LogP contribution < -0.4 is 9.46 Å². The molecular weight excluding hydrogens is 614 g/mol. The molecule has 0 aromatic heterocycles. The molecule has 2 aromatic carbocycles. The van der Waals surface area contributed by atoms with Crippen LogP contribution in [-0.4, -0.2) is 43.5 Å². The highest BCUT2D eigenvalue weighted by molar-refractivity contribution is 7.90. The topological polar surface area (TPSA) is 122 Å². The molecule has 0 radical (unpaired) electrons. The van der Waals surface area contributed by atoms with Crippen LogP contribution in [0.2, 0.25) is 0 Å². The largest absolute Gasteiger partial charge is 0.457 e. The number of aliphatic hydroxyl groups is 2. The second-order valence-corrected chi connectivity index (χ2v) is 16.5. The number of carbonyl (C=O) groups excluding carboxylic acids is 1. The van der Waals surface area contributed by atoms with Crippen molar-refractivity contribution in [3.8, 4) is 11.5 Å². The van der Waals surface area contributed by atoms with Crippen molar-refractivity contribution in [1.82, 2.24) is 4.72 Å². The Kier molecular flexibility index (Phi) is 11.6. The van der Waals surface area contributed by atoms with Crippen molar-refractivity contribution in [2.45, 2.75) is 109 Å². The smallest absolute Gasteiger partial charge is 0.421 e. The average molecular weight is 670 g/mol. The summed E-state index contributed by atoms with van der Waals surface area (Å²) in [7, 11) is -4.11. The summed E-state index contributed by atoms with van der Waals surface area (Å²) < 4.78 is 39.0. The summed E-state index contributed by atoms with van der Waals surface area (Å²) in [4.78, 5) is 12.6. The number of fused-ring (bicyclic) bond motifs is 1. The summed E-state index contributed by atoms with van der Waals surface area (Å²) in [5, 5.41) is 22.6. The van der Waals surface area contributed by atoms with Crippen molar-refractivity contribution in [2.75, 3.05) is 6.61 Å². The molecule has 0 saturated heterocycles. The van der Waals surface area contributed by atoms with Crippen LogP contribution in [0.4, 0.5) is 4.79 Å². The van der Waals surface area contributed by atoms with Gasteiger partial charge in [-0.1, -0.05) is 65.2 Å². The predicted octanol–water partition coefficient (Wildman–Crippen LogP) is 7.94. The zero-order valence-corrected chi connectivity index (χ0v) is 29.3. The van der Waals surface area contributed by atoms with Crippen molar-refractivity contribution in [3.05, 3.63) is 54.6 Å². The van der Waals surface area contributed by atoms with Gasteiger partial charge in [0, 0.05) is 0 Å². The number of amides is 1. The lowest BCUT2D eigenvalue weighted by Crippen LogP contribution is -2.58. The van der Waals surface area contributed by atoms with E-state index in [0.717, 1.165) is 64.2 Å². The van der Waals surface area contributed by atoms with E-state index in [-0.39, 0.29) is 46.9 Å². The van der Waals surface area contributed by atoms with Gasteiger partial charge in [-0.05, 0) is 128 Å². The van der Waals surface area contributed by atoms with E-state index < -0.39 is 16.1 Å². The van der Waals surface area contributed by atoms with E-state index >= 15 is 0 Å². The maximum atomic E-state index is 12.9. The first-order valence-corrected chi connectivity index (χ1v) is 19.3. The number of unbranched alkanes of at least 4 members (excludes halogenated alkanes) is 1. The average Bonchev–Trinajstić information content (AvgIpc) is 3.54. The molecule has 0 unspecified atom stereocenters. The van der Waals surface area contributed by atoms with E-state index in [1.807, 2.05) is 22.9 Å². The van der Waals surface area contributed by atoms with Crippen LogP contribution in [0.25, 0.3) is 0 Å². The van der Waals surface area contributed by atoms with E-state index in [1.54, 1.807) is 24.3 Å². The van der Waals surface area contributed by atoms with E-state index in [0.29, 0.717) is 35.2 Å². The Bertz CT molecular complexity index is 1420. The number of sulfonamides is 1. The Labute approximate surface area is 281 Å². The Balaban J connectivity index is 1.17. The van der Waals surface area contributed by atoms with Gasteiger partial charge in [0.05, 0.1) is 23.7 Å². The van der Waals surface area contributed by atoms with Gasteiger partial charge in [-0.2, -0.15) is 0 Å². The molecular formula is C38H55NO7S. The molecule has 2 aromatic rings. The number of nitrogens with one attached hydrogen (secondary N) is 1. The Morgan fingerprint density at radius 1 is 1.00 bits per heavy atom. The molecule has 8 nitrogen and oxygen atoms in total. The number of para-hydroxylation sites is 1. The fraction of sp³-hybridized carbons (Fsp3) is 0.658. The standard InChI is InChI=1S/C38H55NO7S/c1-5-7-13-33-35(36(41)32(6-2)34-23-28(40)20-21-38(33,34)4)27-15-14-26(22-27)25(3)24-45-37(42)39-47(43,44)31-18-16-30(17-19-31)46-29-11-9-8-10-12-29/h8-12,16-19,25-28,32-36,40-41H,5-7,13-15,20-24H2,1-4H3,(H,39,42)/t25-,26+,27-,28-,32-,33+,34+,35+,36-,38-/m1/s1. The monoisotopic (exact) mass is 669 g/mol. The lowest BCUT2D eigenvalue weighted by Gasteiger charge is -2.61. The molecule has 0 heterocycles. The zero-order valence-electron chi connectivity index (χ0n) is 28.5. The van der Waals surface area contributed by atoms with E-state index in [1.165, 1.54) is 12.1 Å². The van der Waals surface area contributed by atoms with Crippen LogP contribution in [0.3, 0.4) is 0 Å². The number of ether oxygens (including phenoxy) is 2. The molecule has 0 bridgehead atoms. The van der Waals surface area contributed by atoms with Gasteiger partial charge < -0.3 is 19.7 Å². The number of hydrogen-bond acceptors (Lipinski definition) is 7. The van der Waals surface area contributed by atoms with E-state index in [2.05, 4.69) is 27.7 Å². The lowest BCUT2D eigenvalue weighted by atomic mass is 9.45. The van der Waals surface area contributed by atoms with Crippen LogP contribution in [0.15, 0.2) is 59.5 Å². The summed E-state index contributed by atoms with van der Waals surface area (Å²) in [6.45, 7) is 9.08. The molecule has 5 rings (SSSR count). The Hall–Kier alpha value is -2.62. The zero-order chi connectivity index (χ0) is 33.8. The molecule has 1 amide bonds. The van der Waals surface area contributed by atoms with Crippen LogP contribution in [0.1, 0.15) is 91.9 Å². The fourth-order valence-corrected chi connectivity index (χ4v) is 10.4. The maximum Gasteiger partial charge on any atom is 0.421 e. The van der Waals surface area contributed by atoms with Crippen LogP contribution >= 0.6 is 0 Å². The van der Waals surface area contributed by atoms with Crippen LogP contribution in [0.5, 0.6) is 11.5 Å². The number of aliphatic hydroxyl groups excluding tert-OH is 2. The van der Waals surface area contributed by atoms with E-state index in [9.17, 15) is 23.4 Å². The van der Waals surface area contributed by atoms with Gasteiger partial charge in [0.25, 0.3) is 10.0 Å². The molecule has 9 heteroatoms. The van der Waals surface area contributed by atoms with Crippen molar-refractivity contribution >= 4 is 16.1 Å². The highest BCUT2D eigenvalue weighted by Gasteiger charge is 2.58. The summed E-state index contributed by atoms with van der Waals surface area (Å²) in [5.41, 5.74) is 0.130. The van der Waals surface area contributed by atoms with Gasteiger partial charge >= 0.3 is 6.09 Å². The summed E-state index contributed by atoms with van der Waals surface area (Å²) in [5.74, 6) is 3.14. The Morgan fingerprint density at radius 2 is 1.70 bits per heavy atom. The van der Waals surface area contributed by atoms with Crippen molar-refractivity contribution < 1.29 is 32.9 Å². The third-order valence-corrected chi connectivity index (χ3v) is 13.4. The molecule has 260 valence electrons. The molecule has 3 aliphatic rings. The molecule has 3 fully saturated rings. The molecule has 3 saturated carbocycles. The minimum Gasteiger partial charge on any atom is -0.457 e. The quantitative estimate of drug-likeness (QED) is 0.210. The minimum absolute atomic E-state index is 0.0565. The third kappa shape index (κ3) is 8.00. The van der Waals surface area contributed by atoms with Gasteiger partial charge in [-0.3, -0.25) is 0 Å². The van der Waals surface area contributed by atoms with Gasteiger partial charge in [0.1, 0.15) is 11.5 Å². The summed E-state index contributed by atoms with van der Waals surface area (Å²) in [6, 6.07) is 15.1. The van der Waals surface area contributed by atoms with Gasteiger partial charge in [0.15, 0.2) is 0 Å². The maximum absolute atomic E-state index is 12.9. The van der Waals surface area contributed by atoms with Crippen LogP contribution in [0, 0.1) is 46.8 Å². The van der Waals surface area contributed by atoms with E-state index in [4.69, 9.17) is 9.47 Å². The molecule has 3 aliphatic carbocycles. The first-order valence-electron chi connectivity index (χ1n) is 17.9. The first-order chi connectivity index (χ1) is 22.5. The predicted molar refractivity (Wildman–Crippen MR) is 182 cm³/mol. The SMILES string of the molecule is CCCC[C@H]1[C@H]([C@@H]2CC[C@H]([C@H](C)COC(=O)NS(=O)(=O)c3ccc(Oc4ccccc4)cc3)C2)[C@H](O)[C@H](CC)[C@@H]2C[C@H](O)CC[C@@]21C. The van der Waals surface area contributed by atoms with Crippen LogP contribution in [-0.2, 0) is 14.8 Å². The lowest BCUT2D eigenvalue weighted by molar-refractivity contribution is -0.174. The molecule has 3 N–H and O–H groups in total. The van der Waals surface area contributed by atoms with Crippen molar-refractivity contribution in [1.29, 1.82) is 0 Å². The molecule has 0 spiro atoms. The number of hydrogen-bond donors (Lipinski definition) is 3. The number of benzene rings is 2. The van der Waals surface area contributed by atoms with Gasteiger partial charge in [-0.15, -0.1) is 0 Å². The molecule has 10 atom stereocenters. The summed E-state index contributed by atoms with van der Waals surface area (Å²) >= 11 is 0. The second-order valence-electron chi connectivity index (χ2n) is 14.8. The summed E-state index contributed by atoms with van der Waals surface area (Å²) in [6.07, 6.45) is 8.42. The number of carbonyl (C=O) groups is 1. The first kappa shape index (κ1) is 35.7. The highest BCUT2D eigenvalue weighted by atomic mass is 32.2. The minimum atomic E-state index is -4.11. The van der Waals surface area contributed by atoms with Gasteiger partial charge in [-0.25, -0.2) is 17.9 Å². The molecule has 0 aliphatic heterocycles. The number of rotatable bonds is 12. The van der Waals surface area contributed by atoms with Crippen molar-refractivity contribution in [3.63, 3.8) is 0 Å². The third-order valence-electron chi connectivity index (χ3n) is 12.1. The van der Waals surface area contributed by atoms with Crippen molar-refractivity contribution in [2.24, 2.45) is 46.8 Å². The van der Waals surface area contributed by atoms with Gasteiger partial charge in [0.2, 0.25) is 0 Å². The highest BCUT2D eigenvalue weighted by Crippen LogP contribution is 2.62. The normalized spacial score (nSPS) is 33.1. The molecule has 47 heavy (non-hydrogen) atoms. The fourth-order valence-electron chi connectivity index (χ4n) is 9.52.